The summed E-state index contributed by atoms with van der Waals surface area (Å²) in [6.45, 7) is 9.97. The van der Waals surface area contributed by atoms with Gasteiger partial charge in [0.25, 0.3) is 17.9 Å². The number of hydrogen-bond donors (Lipinski definition) is 0. The maximum absolute atomic E-state index is 11.2. The maximum atomic E-state index is 11.2. The van der Waals surface area contributed by atoms with Gasteiger partial charge in [-0.2, -0.15) is 0 Å². The van der Waals surface area contributed by atoms with Crippen LogP contribution in [0.4, 0.5) is 0 Å². The van der Waals surface area contributed by atoms with Crippen LogP contribution in [0.1, 0.15) is 20.8 Å². The van der Waals surface area contributed by atoms with Crippen molar-refractivity contribution in [2.75, 3.05) is 0 Å². The Kier molecular flexibility index (Phi) is 6.87. The Morgan fingerprint density at radius 1 is 0.850 bits per heavy atom. The summed E-state index contributed by atoms with van der Waals surface area (Å²) in [5.41, 5.74) is 1.43. The van der Waals surface area contributed by atoms with Crippen molar-refractivity contribution in [3.8, 4) is 0 Å². The molecule has 0 aromatic rings. The highest BCUT2D eigenvalue weighted by atomic mass is 28.4. The highest BCUT2D eigenvalue weighted by Crippen LogP contribution is 2.16. The van der Waals surface area contributed by atoms with Gasteiger partial charge in [-0.05, 0) is 6.04 Å². The normalized spacial score (nSPS) is 12.1. The fraction of sp³-hybridized carbons (Fsp3) is 0.583. The van der Waals surface area contributed by atoms with Gasteiger partial charge in [-0.15, -0.1) is 0 Å². The van der Waals surface area contributed by atoms with E-state index in [1.807, 2.05) is 0 Å². The quantitative estimate of drug-likeness (QED) is 0.697. The summed E-state index contributed by atoms with van der Waals surface area (Å²) in [5, 5.41) is 0. The second-order valence-corrected chi connectivity index (χ2v) is 13.2. The minimum Gasteiger partial charge on any atom is -0.452 e. The van der Waals surface area contributed by atoms with E-state index in [9.17, 15) is 14.4 Å². The molecule has 114 valence electrons. The summed E-state index contributed by atoms with van der Waals surface area (Å²) < 4.78 is 15.1. The molecule has 0 rings (SSSR count). The highest BCUT2D eigenvalue weighted by molar-refractivity contribution is 6.77. The smallest absolute Gasteiger partial charge is 0.452 e. The van der Waals surface area contributed by atoms with Crippen LogP contribution in [-0.2, 0) is 27.7 Å². The molecule has 0 unspecified atom stereocenters. The Bertz CT molecular complexity index is 370. The predicted molar refractivity (Wildman–Crippen MR) is 78.3 cm³/mol. The van der Waals surface area contributed by atoms with Gasteiger partial charge in [0.05, 0.1) is 0 Å². The number of carbonyl (C=O) groups is 3. The summed E-state index contributed by atoms with van der Waals surface area (Å²) in [4.78, 5) is 33.6. The first-order valence-corrected chi connectivity index (χ1v) is 11.7. The number of allylic oxidation sites excluding steroid dienone is 1. The molecular weight excluding hydrogens is 296 g/mol. The molecule has 0 aliphatic carbocycles. The molecule has 0 saturated heterocycles. The fourth-order valence-electron chi connectivity index (χ4n) is 1.32. The monoisotopic (exact) mass is 318 g/mol. The third kappa shape index (κ3) is 8.65. The summed E-state index contributed by atoms with van der Waals surface area (Å²) in [5.74, 6) is -2.01. The van der Waals surface area contributed by atoms with Crippen LogP contribution in [0, 0.1) is 0 Å². The zero-order chi connectivity index (χ0) is 16.0. The third-order valence-electron chi connectivity index (χ3n) is 1.91. The van der Waals surface area contributed by atoms with E-state index in [0.717, 1.165) is 6.04 Å². The van der Waals surface area contributed by atoms with Crippen LogP contribution in [0.25, 0.3) is 0 Å². The standard InChI is InChI=1S/C12H22O6Si2/c1-10(13)16-20(17-11(2)14,18-12(3)15)9-7-8-19(4,5)6/h7,9H,8H2,1-6H3/b9-7+. The van der Waals surface area contributed by atoms with Crippen molar-refractivity contribution < 1.29 is 27.7 Å². The van der Waals surface area contributed by atoms with Crippen LogP contribution >= 0.6 is 0 Å². The molecule has 0 saturated carbocycles. The lowest BCUT2D eigenvalue weighted by Crippen LogP contribution is -2.48. The minimum absolute atomic E-state index is 0.670. The van der Waals surface area contributed by atoms with E-state index in [2.05, 4.69) is 19.6 Å². The molecule has 0 fully saturated rings. The SMILES string of the molecule is CC(=O)O[Si](/C=C/C[Si](C)(C)C)(OC(C)=O)OC(C)=O. The average molecular weight is 318 g/mol. The molecule has 0 spiro atoms. The van der Waals surface area contributed by atoms with Gasteiger partial charge in [-0.25, -0.2) is 0 Å². The first kappa shape index (κ1) is 18.6. The summed E-state index contributed by atoms with van der Waals surface area (Å²) >= 11 is 0. The Morgan fingerprint density at radius 3 is 1.45 bits per heavy atom. The van der Waals surface area contributed by atoms with Gasteiger partial charge in [0.1, 0.15) is 0 Å². The summed E-state index contributed by atoms with van der Waals surface area (Å²) in [7, 11) is -5.15. The minimum atomic E-state index is -3.79. The van der Waals surface area contributed by atoms with E-state index in [1.165, 1.54) is 26.5 Å². The first-order valence-electron chi connectivity index (χ1n) is 6.22. The molecule has 0 atom stereocenters. The van der Waals surface area contributed by atoms with Gasteiger partial charge >= 0.3 is 8.80 Å². The summed E-state index contributed by atoms with van der Waals surface area (Å²) in [6.07, 6.45) is 1.76. The number of hydrogen-bond acceptors (Lipinski definition) is 6. The van der Waals surface area contributed by atoms with Crippen LogP contribution in [0.15, 0.2) is 11.8 Å². The van der Waals surface area contributed by atoms with Crippen molar-refractivity contribution in [2.45, 2.75) is 46.5 Å². The number of carbonyl (C=O) groups excluding carboxylic acids is 3. The van der Waals surface area contributed by atoms with Crippen LogP contribution < -0.4 is 0 Å². The van der Waals surface area contributed by atoms with E-state index in [0.29, 0.717) is 0 Å². The first-order chi connectivity index (χ1) is 8.96. The lowest BCUT2D eigenvalue weighted by molar-refractivity contribution is -0.146. The van der Waals surface area contributed by atoms with Gasteiger partial charge in [0.2, 0.25) is 0 Å². The second-order valence-electron chi connectivity index (χ2n) is 5.55. The van der Waals surface area contributed by atoms with Gasteiger partial charge in [0.15, 0.2) is 0 Å². The Labute approximate surface area is 121 Å². The van der Waals surface area contributed by atoms with Crippen LogP contribution in [0.2, 0.25) is 25.7 Å². The van der Waals surface area contributed by atoms with Gasteiger partial charge in [-0.1, -0.05) is 25.7 Å². The molecule has 0 aliphatic rings. The second kappa shape index (κ2) is 7.39. The Balaban J connectivity index is 5.29. The molecule has 6 nitrogen and oxygen atoms in total. The van der Waals surface area contributed by atoms with E-state index in [4.69, 9.17) is 13.3 Å². The van der Waals surface area contributed by atoms with Gasteiger partial charge in [0, 0.05) is 34.5 Å². The average Bonchev–Trinajstić information content (AvgIpc) is 2.10. The molecule has 0 radical (unpaired) electrons. The van der Waals surface area contributed by atoms with Crippen LogP contribution in [0.3, 0.4) is 0 Å². The molecule has 0 aliphatic heterocycles. The maximum Gasteiger partial charge on any atom is 0.734 e. The highest BCUT2D eigenvalue weighted by Gasteiger charge is 2.49. The van der Waals surface area contributed by atoms with E-state index < -0.39 is 34.8 Å². The van der Waals surface area contributed by atoms with Crippen molar-refractivity contribution >= 4 is 34.8 Å². The Morgan fingerprint density at radius 2 is 1.20 bits per heavy atom. The van der Waals surface area contributed by atoms with Crippen molar-refractivity contribution in [3.05, 3.63) is 11.8 Å². The van der Waals surface area contributed by atoms with Crippen molar-refractivity contribution in [1.82, 2.24) is 0 Å². The third-order valence-corrected chi connectivity index (χ3v) is 5.73. The van der Waals surface area contributed by atoms with Crippen molar-refractivity contribution in [1.29, 1.82) is 0 Å². The molecule has 20 heavy (non-hydrogen) atoms. The molecule has 0 bridgehead atoms. The molecule has 0 aromatic carbocycles. The van der Waals surface area contributed by atoms with Gasteiger partial charge < -0.3 is 13.3 Å². The molecule has 0 N–H and O–H groups in total. The molecule has 0 aromatic heterocycles. The predicted octanol–water partition coefficient (Wildman–Crippen LogP) is 2.05. The molecule has 0 heterocycles. The fourth-order valence-corrected chi connectivity index (χ4v) is 4.32. The van der Waals surface area contributed by atoms with Crippen LogP contribution in [-0.4, -0.2) is 34.8 Å². The topological polar surface area (TPSA) is 78.9 Å². The zero-order valence-electron chi connectivity index (χ0n) is 12.8. The zero-order valence-corrected chi connectivity index (χ0v) is 14.8. The largest absolute Gasteiger partial charge is 0.734 e. The number of rotatable bonds is 6. The van der Waals surface area contributed by atoms with Gasteiger partial charge in [-0.3, -0.25) is 14.4 Å². The summed E-state index contributed by atoms with van der Waals surface area (Å²) in [6, 6.07) is 0.783. The molecule has 8 heteroatoms. The molecule has 0 amide bonds. The van der Waals surface area contributed by atoms with Crippen LogP contribution in [0.5, 0.6) is 0 Å². The lowest BCUT2D eigenvalue weighted by Gasteiger charge is -2.23. The molecular formula is C12H22O6Si2. The van der Waals surface area contributed by atoms with E-state index >= 15 is 0 Å². The van der Waals surface area contributed by atoms with E-state index in [1.54, 1.807) is 6.08 Å². The van der Waals surface area contributed by atoms with E-state index in [-0.39, 0.29) is 0 Å². The van der Waals surface area contributed by atoms with Crippen molar-refractivity contribution in [2.24, 2.45) is 0 Å². The van der Waals surface area contributed by atoms with Crippen molar-refractivity contribution in [3.63, 3.8) is 0 Å². The lowest BCUT2D eigenvalue weighted by atomic mass is 10.8. The Hall–Kier alpha value is -1.42.